The SMILES string of the molecule is COc1ccc(NC2=C(c3ccc(OCC(C)C)cc3)C(=O)N(CC(C)C)C2=O)cc1Cl. The van der Waals surface area contributed by atoms with Crippen LogP contribution in [0.4, 0.5) is 5.69 Å². The Hall–Kier alpha value is -2.99. The number of amides is 2. The van der Waals surface area contributed by atoms with Crippen molar-refractivity contribution in [1.29, 1.82) is 0 Å². The summed E-state index contributed by atoms with van der Waals surface area (Å²) in [5.74, 6) is 1.12. The molecule has 0 atom stereocenters. The summed E-state index contributed by atoms with van der Waals surface area (Å²) < 4.78 is 10.9. The van der Waals surface area contributed by atoms with E-state index in [2.05, 4.69) is 19.2 Å². The Morgan fingerprint density at radius 2 is 1.66 bits per heavy atom. The molecule has 0 aliphatic carbocycles. The summed E-state index contributed by atoms with van der Waals surface area (Å²) in [6, 6.07) is 12.4. The number of nitrogens with zero attached hydrogens (tertiary/aromatic N) is 1. The van der Waals surface area contributed by atoms with E-state index in [-0.39, 0.29) is 23.4 Å². The second-order valence-electron chi connectivity index (χ2n) is 8.57. The van der Waals surface area contributed by atoms with Gasteiger partial charge in [0.2, 0.25) is 0 Å². The molecule has 0 unspecified atom stereocenters. The Bertz CT molecular complexity index is 1030. The average Bonchev–Trinajstić information content (AvgIpc) is 2.97. The number of nitrogens with one attached hydrogen (secondary N) is 1. The zero-order chi connectivity index (χ0) is 23.4. The molecule has 1 aliphatic heterocycles. The number of rotatable bonds is 9. The first-order valence-electron chi connectivity index (χ1n) is 10.7. The van der Waals surface area contributed by atoms with Crippen molar-refractivity contribution in [3.63, 3.8) is 0 Å². The molecule has 1 aliphatic rings. The molecule has 7 heteroatoms. The maximum atomic E-state index is 13.2. The van der Waals surface area contributed by atoms with Gasteiger partial charge in [-0.3, -0.25) is 14.5 Å². The number of anilines is 1. The van der Waals surface area contributed by atoms with Crippen LogP contribution in [0.3, 0.4) is 0 Å². The molecule has 0 spiro atoms. The number of hydrogen-bond acceptors (Lipinski definition) is 5. The number of methoxy groups -OCH3 is 1. The summed E-state index contributed by atoms with van der Waals surface area (Å²) in [6.45, 7) is 9.03. The fourth-order valence-corrected chi connectivity index (χ4v) is 3.62. The van der Waals surface area contributed by atoms with Gasteiger partial charge in [-0.25, -0.2) is 0 Å². The second kappa shape index (κ2) is 10.1. The third kappa shape index (κ3) is 5.25. The van der Waals surface area contributed by atoms with Gasteiger partial charge in [0.1, 0.15) is 17.2 Å². The van der Waals surface area contributed by atoms with Crippen LogP contribution < -0.4 is 14.8 Å². The Balaban J connectivity index is 1.98. The summed E-state index contributed by atoms with van der Waals surface area (Å²) >= 11 is 6.24. The van der Waals surface area contributed by atoms with Crippen molar-refractivity contribution in [2.75, 3.05) is 25.6 Å². The molecule has 3 rings (SSSR count). The first-order valence-corrected chi connectivity index (χ1v) is 11.0. The average molecular weight is 457 g/mol. The molecule has 0 aromatic heterocycles. The van der Waals surface area contributed by atoms with Gasteiger partial charge in [-0.15, -0.1) is 0 Å². The Morgan fingerprint density at radius 3 is 2.22 bits per heavy atom. The molecule has 0 fully saturated rings. The minimum absolute atomic E-state index is 0.144. The predicted molar refractivity (Wildman–Crippen MR) is 127 cm³/mol. The number of halogens is 1. The van der Waals surface area contributed by atoms with Crippen molar-refractivity contribution in [2.24, 2.45) is 11.8 Å². The Morgan fingerprint density at radius 1 is 0.969 bits per heavy atom. The predicted octanol–water partition coefficient (Wildman–Crippen LogP) is 5.23. The van der Waals surface area contributed by atoms with E-state index < -0.39 is 0 Å². The van der Waals surface area contributed by atoms with E-state index in [9.17, 15) is 9.59 Å². The highest BCUT2D eigenvalue weighted by Gasteiger charge is 2.39. The Kier molecular flexibility index (Phi) is 7.46. The summed E-state index contributed by atoms with van der Waals surface area (Å²) in [5, 5.41) is 3.52. The van der Waals surface area contributed by atoms with E-state index >= 15 is 0 Å². The molecule has 6 nitrogen and oxygen atoms in total. The van der Waals surface area contributed by atoms with Gasteiger partial charge in [-0.05, 0) is 47.7 Å². The van der Waals surface area contributed by atoms with Gasteiger partial charge in [0.25, 0.3) is 11.8 Å². The highest BCUT2D eigenvalue weighted by molar-refractivity contribution is 6.36. The summed E-state index contributed by atoms with van der Waals surface area (Å²) in [6.07, 6.45) is 0. The summed E-state index contributed by atoms with van der Waals surface area (Å²) in [4.78, 5) is 27.7. The lowest BCUT2D eigenvalue weighted by atomic mass is 10.0. The van der Waals surface area contributed by atoms with Gasteiger partial charge in [-0.1, -0.05) is 51.4 Å². The molecule has 32 heavy (non-hydrogen) atoms. The minimum atomic E-state index is -0.356. The van der Waals surface area contributed by atoms with Gasteiger partial charge in [-0.2, -0.15) is 0 Å². The van der Waals surface area contributed by atoms with Crippen LogP contribution in [0, 0.1) is 11.8 Å². The van der Waals surface area contributed by atoms with Gasteiger partial charge >= 0.3 is 0 Å². The van der Waals surface area contributed by atoms with Crippen LogP contribution in [0.2, 0.25) is 5.02 Å². The fraction of sp³-hybridized carbons (Fsp3) is 0.360. The van der Waals surface area contributed by atoms with Gasteiger partial charge in [0.15, 0.2) is 0 Å². The van der Waals surface area contributed by atoms with Gasteiger partial charge in [0, 0.05) is 12.2 Å². The number of carbonyl (C=O) groups is 2. The van der Waals surface area contributed by atoms with Crippen LogP contribution in [-0.2, 0) is 9.59 Å². The molecule has 1 N–H and O–H groups in total. The summed E-state index contributed by atoms with van der Waals surface area (Å²) in [7, 11) is 1.53. The van der Waals surface area contributed by atoms with Crippen LogP contribution in [-0.4, -0.2) is 37.0 Å². The maximum Gasteiger partial charge on any atom is 0.278 e. The minimum Gasteiger partial charge on any atom is -0.495 e. The molecule has 0 bridgehead atoms. The first-order chi connectivity index (χ1) is 15.2. The monoisotopic (exact) mass is 456 g/mol. The van der Waals surface area contributed by atoms with E-state index in [1.807, 2.05) is 26.0 Å². The molecule has 2 amide bonds. The molecular weight excluding hydrogens is 428 g/mol. The quantitative estimate of drug-likeness (QED) is 0.523. The largest absolute Gasteiger partial charge is 0.495 e. The third-order valence-electron chi connectivity index (χ3n) is 4.86. The van der Waals surface area contributed by atoms with Crippen LogP contribution in [0.5, 0.6) is 11.5 Å². The molecule has 0 saturated carbocycles. The second-order valence-corrected chi connectivity index (χ2v) is 8.98. The summed E-state index contributed by atoms with van der Waals surface area (Å²) in [5.41, 5.74) is 1.80. The topological polar surface area (TPSA) is 67.9 Å². The molecule has 2 aromatic carbocycles. The fourth-order valence-electron chi connectivity index (χ4n) is 3.36. The van der Waals surface area contributed by atoms with E-state index in [0.29, 0.717) is 46.7 Å². The number of imide groups is 1. The highest BCUT2D eigenvalue weighted by Crippen LogP contribution is 2.34. The van der Waals surface area contributed by atoms with Gasteiger partial charge < -0.3 is 14.8 Å². The molecule has 0 saturated heterocycles. The van der Waals surface area contributed by atoms with Crippen LogP contribution >= 0.6 is 11.6 Å². The van der Waals surface area contributed by atoms with Crippen molar-refractivity contribution >= 4 is 34.7 Å². The number of hydrogen-bond donors (Lipinski definition) is 1. The van der Waals surface area contributed by atoms with Crippen LogP contribution in [0.25, 0.3) is 5.57 Å². The lowest BCUT2D eigenvalue weighted by Crippen LogP contribution is -2.35. The van der Waals surface area contributed by atoms with Gasteiger partial charge in [0.05, 0.1) is 24.3 Å². The molecule has 2 aromatic rings. The van der Waals surface area contributed by atoms with E-state index in [1.54, 1.807) is 30.3 Å². The van der Waals surface area contributed by atoms with Crippen molar-refractivity contribution in [1.82, 2.24) is 4.90 Å². The van der Waals surface area contributed by atoms with Crippen molar-refractivity contribution in [3.05, 3.63) is 58.7 Å². The molecular formula is C25H29ClN2O4. The molecule has 0 radical (unpaired) electrons. The Labute approximate surface area is 194 Å². The zero-order valence-corrected chi connectivity index (χ0v) is 19.8. The van der Waals surface area contributed by atoms with Crippen molar-refractivity contribution in [2.45, 2.75) is 27.7 Å². The molecule has 170 valence electrons. The van der Waals surface area contributed by atoms with E-state index in [4.69, 9.17) is 21.1 Å². The number of benzene rings is 2. The van der Waals surface area contributed by atoms with Crippen LogP contribution in [0.1, 0.15) is 33.3 Å². The van der Waals surface area contributed by atoms with Crippen molar-refractivity contribution in [3.8, 4) is 11.5 Å². The standard InChI is InChI=1S/C25H29ClN2O4/c1-15(2)13-28-24(29)22(17-6-9-19(10-7-17)32-14-16(3)4)23(25(28)30)27-18-8-11-21(31-5)20(26)12-18/h6-12,15-16,27H,13-14H2,1-5H3. The normalized spacial score (nSPS) is 14.1. The zero-order valence-electron chi connectivity index (χ0n) is 19.1. The number of carbonyl (C=O) groups excluding carboxylic acids is 2. The number of ether oxygens (including phenoxy) is 2. The van der Waals surface area contributed by atoms with E-state index in [0.717, 1.165) is 5.75 Å². The lowest BCUT2D eigenvalue weighted by molar-refractivity contribution is -0.137. The maximum absolute atomic E-state index is 13.2. The molecule has 1 heterocycles. The van der Waals surface area contributed by atoms with Crippen LogP contribution in [0.15, 0.2) is 48.2 Å². The van der Waals surface area contributed by atoms with Crippen molar-refractivity contribution < 1.29 is 19.1 Å². The lowest BCUT2D eigenvalue weighted by Gasteiger charge is -2.17. The smallest absolute Gasteiger partial charge is 0.278 e. The van der Waals surface area contributed by atoms with E-state index in [1.165, 1.54) is 12.0 Å². The first kappa shape index (κ1) is 23.7. The highest BCUT2D eigenvalue weighted by atomic mass is 35.5. The third-order valence-corrected chi connectivity index (χ3v) is 5.16.